The average Bonchev–Trinajstić information content (AvgIpc) is 2.28. The second kappa shape index (κ2) is 7.03. The standard InChI is InChI=1S/C14H20N2/c1-4-6-7-10-13(15-5-2)14-11-8-9-12(3)16-14/h8-9,11,13,15H,5,7,10H2,1-3H3. The topological polar surface area (TPSA) is 24.9 Å². The van der Waals surface area contributed by atoms with Crippen LogP contribution in [0.3, 0.4) is 0 Å². The van der Waals surface area contributed by atoms with Gasteiger partial charge in [0.05, 0.1) is 11.7 Å². The largest absolute Gasteiger partial charge is 0.309 e. The van der Waals surface area contributed by atoms with Crippen LogP contribution in [0.15, 0.2) is 18.2 Å². The molecule has 1 N–H and O–H groups in total. The molecule has 1 heterocycles. The summed E-state index contributed by atoms with van der Waals surface area (Å²) < 4.78 is 0. The maximum atomic E-state index is 4.56. The van der Waals surface area contributed by atoms with Gasteiger partial charge in [-0.25, -0.2) is 0 Å². The molecule has 0 fully saturated rings. The van der Waals surface area contributed by atoms with E-state index in [0.717, 1.165) is 30.8 Å². The first-order valence-corrected chi connectivity index (χ1v) is 5.84. The predicted octanol–water partition coefficient (Wildman–Crippen LogP) is 2.84. The second-order valence-corrected chi connectivity index (χ2v) is 3.78. The second-order valence-electron chi connectivity index (χ2n) is 3.78. The van der Waals surface area contributed by atoms with Crippen LogP contribution < -0.4 is 5.32 Å². The molecule has 0 aliphatic rings. The molecule has 86 valence electrons. The molecule has 0 saturated heterocycles. The molecule has 1 rings (SSSR count). The molecule has 2 nitrogen and oxygen atoms in total. The zero-order chi connectivity index (χ0) is 11.8. The van der Waals surface area contributed by atoms with Gasteiger partial charge in [-0.1, -0.05) is 13.0 Å². The highest BCUT2D eigenvalue weighted by Crippen LogP contribution is 2.16. The van der Waals surface area contributed by atoms with Gasteiger partial charge >= 0.3 is 0 Å². The minimum Gasteiger partial charge on any atom is -0.309 e. The average molecular weight is 216 g/mol. The molecule has 16 heavy (non-hydrogen) atoms. The first-order chi connectivity index (χ1) is 7.77. The number of nitrogens with zero attached hydrogens (tertiary/aromatic N) is 1. The Morgan fingerprint density at radius 3 is 2.88 bits per heavy atom. The van der Waals surface area contributed by atoms with Crippen molar-refractivity contribution in [2.75, 3.05) is 6.54 Å². The van der Waals surface area contributed by atoms with Crippen molar-refractivity contribution in [3.63, 3.8) is 0 Å². The van der Waals surface area contributed by atoms with E-state index in [-0.39, 0.29) is 0 Å². The fourth-order valence-electron chi connectivity index (χ4n) is 1.70. The number of aromatic nitrogens is 1. The molecule has 1 aromatic rings. The number of nitrogens with one attached hydrogen (secondary N) is 1. The van der Waals surface area contributed by atoms with Crippen molar-refractivity contribution in [1.29, 1.82) is 0 Å². The summed E-state index contributed by atoms with van der Waals surface area (Å²) in [5.41, 5.74) is 2.20. The molecule has 0 aliphatic carbocycles. The van der Waals surface area contributed by atoms with Gasteiger partial charge in [0.15, 0.2) is 0 Å². The zero-order valence-corrected chi connectivity index (χ0v) is 10.4. The van der Waals surface area contributed by atoms with Crippen molar-refractivity contribution in [2.45, 2.75) is 39.7 Å². The smallest absolute Gasteiger partial charge is 0.0576 e. The van der Waals surface area contributed by atoms with Crippen LogP contribution in [0.25, 0.3) is 0 Å². The van der Waals surface area contributed by atoms with E-state index in [9.17, 15) is 0 Å². The van der Waals surface area contributed by atoms with Gasteiger partial charge in [0.1, 0.15) is 0 Å². The Balaban J connectivity index is 2.70. The number of hydrogen-bond acceptors (Lipinski definition) is 2. The highest BCUT2D eigenvalue weighted by Gasteiger charge is 2.10. The van der Waals surface area contributed by atoms with Gasteiger partial charge in [0.2, 0.25) is 0 Å². The van der Waals surface area contributed by atoms with Gasteiger partial charge in [0.25, 0.3) is 0 Å². The van der Waals surface area contributed by atoms with Gasteiger partial charge in [-0.05, 0) is 38.9 Å². The molecule has 0 aliphatic heterocycles. The normalized spacial score (nSPS) is 11.7. The van der Waals surface area contributed by atoms with Gasteiger partial charge in [-0.15, -0.1) is 11.8 Å². The molecule has 1 unspecified atom stereocenters. The van der Waals surface area contributed by atoms with Gasteiger partial charge in [0, 0.05) is 12.1 Å². The third kappa shape index (κ3) is 4.04. The van der Waals surface area contributed by atoms with Crippen LogP contribution in [-0.4, -0.2) is 11.5 Å². The molecular weight excluding hydrogens is 196 g/mol. The third-order valence-electron chi connectivity index (χ3n) is 2.45. The summed E-state index contributed by atoms with van der Waals surface area (Å²) in [5, 5.41) is 3.45. The molecule has 1 atom stereocenters. The van der Waals surface area contributed by atoms with Crippen LogP contribution in [0.5, 0.6) is 0 Å². The molecule has 0 amide bonds. The monoisotopic (exact) mass is 216 g/mol. The minimum atomic E-state index is 0.325. The van der Waals surface area contributed by atoms with E-state index < -0.39 is 0 Å². The Morgan fingerprint density at radius 2 is 2.25 bits per heavy atom. The lowest BCUT2D eigenvalue weighted by molar-refractivity contribution is 0.510. The summed E-state index contributed by atoms with van der Waals surface area (Å²) in [6.07, 6.45) is 1.94. The van der Waals surface area contributed by atoms with E-state index in [1.165, 1.54) is 0 Å². The number of hydrogen-bond donors (Lipinski definition) is 1. The van der Waals surface area contributed by atoms with Gasteiger partial charge < -0.3 is 5.32 Å². The summed E-state index contributed by atoms with van der Waals surface area (Å²) >= 11 is 0. The highest BCUT2D eigenvalue weighted by molar-refractivity contribution is 5.14. The Morgan fingerprint density at radius 1 is 1.44 bits per heavy atom. The van der Waals surface area contributed by atoms with E-state index in [1.807, 2.05) is 19.9 Å². The van der Waals surface area contributed by atoms with E-state index in [0.29, 0.717) is 6.04 Å². The summed E-state index contributed by atoms with van der Waals surface area (Å²) in [6, 6.07) is 6.50. The van der Waals surface area contributed by atoms with Gasteiger partial charge in [-0.2, -0.15) is 0 Å². The molecule has 0 bridgehead atoms. The summed E-state index contributed by atoms with van der Waals surface area (Å²) in [6.45, 7) is 6.99. The summed E-state index contributed by atoms with van der Waals surface area (Å²) in [5.74, 6) is 6.03. The van der Waals surface area contributed by atoms with Crippen molar-refractivity contribution >= 4 is 0 Å². The SMILES string of the molecule is CC#CCCC(NCC)c1cccc(C)n1. The molecular formula is C14H20N2. The van der Waals surface area contributed by atoms with Crippen molar-refractivity contribution < 1.29 is 0 Å². The van der Waals surface area contributed by atoms with Crippen LogP contribution in [0, 0.1) is 18.8 Å². The lowest BCUT2D eigenvalue weighted by Gasteiger charge is -2.16. The van der Waals surface area contributed by atoms with E-state index in [2.05, 4.69) is 41.2 Å². The van der Waals surface area contributed by atoms with E-state index in [1.54, 1.807) is 0 Å². The van der Waals surface area contributed by atoms with Crippen LogP contribution in [0.2, 0.25) is 0 Å². The maximum Gasteiger partial charge on any atom is 0.0576 e. The van der Waals surface area contributed by atoms with Gasteiger partial charge in [-0.3, -0.25) is 4.98 Å². The maximum absolute atomic E-state index is 4.56. The molecule has 1 aromatic heterocycles. The van der Waals surface area contributed by atoms with E-state index >= 15 is 0 Å². The Labute approximate surface area is 98.5 Å². The lowest BCUT2D eigenvalue weighted by Crippen LogP contribution is -2.21. The van der Waals surface area contributed by atoms with E-state index in [4.69, 9.17) is 0 Å². The molecule has 0 radical (unpaired) electrons. The molecule has 2 heteroatoms. The Kier molecular flexibility index (Phi) is 5.60. The number of pyridine rings is 1. The summed E-state index contributed by atoms with van der Waals surface area (Å²) in [4.78, 5) is 4.56. The quantitative estimate of drug-likeness (QED) is 0.766. The first kappa shape index (κ1) is 12.7. The third-order valence-corrected chi connectivity index (χ3v) is 2.45. The fraction of sp³-hybridized carbons (Fsp3) is 0.500. The van der Waals surface area contributed by atoms with Crippen LogP contribution in [0.1, 0.15) is 44.1 Å². The van der Waals surface area contributed by atoms with Crippen molar-refractivity contribution in [3.8, 4) is 11.8 Å². The number of aryl methyl sites for hydroxylation is 1. The molecule has 0 aromatic carbocycles. The van der Waals surface area contributed by atoms with Crippen LogP contribution >= 0.6 is 0 Å². The zero-order valence-electron chi connectivity index (χ0n) is 10.4. The van der Waals surface area contributed by atoms with Crippen LogP contribution in [0.4, 0.5) is 0 Å². The van der Waals surface area contributed by atoms with Crippen molar-refractivity contribution in [2.24, 2.45) is 0 Å². The van der Waals surface area contributed by atoms with Crippen molar-refractivity contribution in [3.05, 3.63) is 29.6 Å². The predicted molar refractivity (Wildman–Crippen MR) is 68.1 cm³/mol. The first-order valence-electron chi connectivity index (χ1n) is 5.84. The van der Waals surface area contributed by atoms with Crippen molar-refractivity contribution in [1.82, 2.24) is 10.3 Å². The number of rotatable bonds is 5. The Hall–Kier alpha value is -1.33. The fourth-order valence-corrected chi connectivity index (χ4v) is 1.70. The summed E-state index contributed by atoms with van der Waals surface area (Å²) in [7, 11) is 0. The molecule has 0 saturated carbocycles. The Bertz CT molecular complexity index is 374. The van der Waals surface area contributed by atoms with Crippen LogP contribution in [-0.2, 0) is 0 Å². The highest BCUT2D eigenvalue weighted by atomic mass is 14.9. The lowest BCUT2D eigenvalue weighted by atomic mass is 10.1. The minimum absolute atomic E-state index is 0.325. The molecule has 0 spiro atoms.